The van der Waals surface area contributed by atoms with Gasteiger partial charge in [-0.2, -0.15) is 13.2 Å². The van der Waals surface area contributed by atoms with Crippen LogP contribution in [-0.2, 0) is 0 Å². The molecule has 0 radical (unpaired) electrons. The third-order valence-corrected chi connectivity index (χ3v) is 2.65. The van der Waals surface area contributed by atoms with Gasteiger partial charge in [0.1, 0.15) is 0 Å². The van der Waals surface area contributed by atoms with Gasteiger partial charge in [0.15, 0.2) is 0 Å². The zero-order valence-electron chi connectivity index (χ0n) is 10.9. The lowest BCUT2D eigenvalue weighted by molar-refractivity contribution is -0.137. The van der Waals surface area contributed by atoms with Crippen LogP contribution in [-0.4, -0.2) is 44.3 Å². The minimum atomic E-state index is -4.04. The third-order valence-electron chi connectivity index (χ3n) is 2.65. The third kappa shape index (κ3) is 13.6. The van der Waals surface area contributed by atoms with Crippen molar-refractivity contribution in [1.29, 1.82) is 0 Å². The Kier molecular flexibility index (Phi) is 9.55. The molecule has 0 amide bonds. The van der Waals surface area contributed by atoms with E-state index in [0.717, 1.165) is 19.5 Å². The van der Waals surface area contributed by atoms with Gasteiger partial charge in [-0.3, -0.25) is 0 Å². The molecule has 104 valence electrons. The van der Waals surface area contributed by atoms with E-state index in [0.29, 0.717) is 6.54 Å². The molecule has 0 fully saturated rings. The quantitative estimate of drug-likeness (QED) is 0.603. The first-order valence-electron chi connectivity index (χ1n) is 6.41. The fourth-order valence-corrected chi connectivity index (χ4v) is 1.50. The van der Waals surface area contributed by atoms with E-state index in [1.807, 2.05) is 0 Å². The van der Waals surface area contributed by atoms with Crippen LogP contribution >= 0.6 is 0 Å². The van der Waals surface area contributed by atoms with Crippen LogP contribution in [0.1, 0.15) is 39.0 Å². The highest BCUT2D eigenvalue weighted by Gasteiger charge is 2.26. The van der Waals surface area contributed by atoms with E-state index in [4.69, 9.17) is 0 Å². The second-order valence-corrected chi connectivity index (χ2v) is 4.48. The van der Waals surface area contributed by atoms with Crippen molar-refractivity contribution >= 4 is 0 Å². The van der Waals surface area contributed by atoms with Gasteiger partial charge in [-0.15, -0.1) is 0 Å². The number of nitrogens with zero attached hydrogens (tertiary/aromatic N) is 1. The highest BCUT2D eigenvalue weighted by Crippen LogP contribution is 2.19. The first kappa shape index (κ1) is 16.7. The van der Waals surface area contributed by atoms with E-state index in [2.05, 4.69) is 12.2 Å². The first-order valence-corrected chi connectivity index (χ1v) is 6.41. The number of likely N-dealkylation sites (N-methyl/N-ethyl adjacent to an activating group) is 1. The highest BCUT2D eigenvalue weighted by molar-refractivity contribution is 4.59. The zero-order valence-corrected chi connectivity index (χ0v) is 10.9. The van der Waals surface area contributed by atoms with Gasteiger partial charge in [0.2, 0.25) is 0 Å². The van der Waals surface area contributed by atoms with E-state index < -0.39 is 12.6 Å². The number of alkyl halides is 3. The molecule has 0 atom stereocenters. The minimum absolute atomic E-state index is 0.0843. The Labute approximate surface area is 103 Å². The summed E-state index contributed by atoms with van der Waals surface area (Å²) >= 11 is 0. The summed E-state index contributed by atoms with van der Waals surface area (Å²) in [5.41, 5.74) is 0. The zero-order chi connectivity index (χ0) is 13.1. The molecule has 5 heteroatoms. The van der Waals surface area contributed by atoms with Gasteiger partial charge in [0, 0.05) is 19.6 Å². The van der Waals surface area contributed by atoms with Gasteiger partial charge < -0.3 is 10.2 Å². The Morgan fingerprint density at radius 3 is 2.29 bits per heavy atom. The fourth-order valence-electron chi connectivity index (χ4n) is 1.50. The van der Waals surface area contributed by atoms with Crippen molar-refractivity contribution in [2.24, 2.45) is 0 Å². The van der Waals surface area contributed by atoms with E-state index in [-0.39, 0.29) is 6.54 Å². The molecule has 0 bridgehead atoms. The van der Waals surface area contributed by atoms with Crippen molar-refractivity contribution in [1.82, 2.24) is 10.2 Å². The van der Waals surface area contributed by atoms with Crippen LogP contribution in [0.3, 0.4) is 0 Å². The molecule has 1 N–H and O–H groups in total. The Morgan fingerprint density at radius 2 is 1.71 bits per heavy atom. The van der Waals surface area contributed by atoms with Crippen molar-refractivity contribution in [3.8, 4) is 0 Å². The summed E-state index contributed by atoms with van der Waals surface area (Å²) in [6.07, 6.45) is 0.0999. The summed E-state index contributed by atoms with van der Waals surface area (Å²) in [6.45, 7) is 4.65. The van der Waals surface area contributed by atoms with Crippen LogP contribution in [0.4, 0.5) is 13.2 Å². The molecule has 2 nitrogen and oxygen atoms in total. The van der Waals surface area contributed by atoms with Crippen LogP contribution in [0.15, 0.2) is 0 Å². The summed E-state index contributed by atoms with van der Waals surface area (Å²) in [5, 5.41) is 3.25. The normalized spacial score (nSPS) is 12.4. The van der Waals surface area contributed by atoms with Gasteiger partial charge in [0.25, 0.3) is 0 Å². The van der Waals surface area contributed by atoms with Crippen LogP contribution in [0.2, 0.25) is 0 Å². The lowest BCUT2D eigenvalue weighted by atomic mass is 10.2. The average molecular weight is 254 g/mol. The van der Waals surface area contributed by atoms with E-state index in [9.17, 15) is 13.2 Å². The van der Waals surface area contributed by atoms with Gasteiger partial charge >= 0.3 is 6.18 Å². The fraction of sp³-hybridized carbons (Fsp3) is 1.00. The summed E-state index contributed by atoms with van der Waals surface area (Å²) < 4.78 is 35.8. The molecular weight excluding hydrogens is 229 g/mol. The molecule has 0 aliphatic rings. The number of nitrogens with one attached hydrogen (secondary N) is 1. The number of hydrogen-bond donors (Lipinski definition) is 1. The highest BCUT2D eigenvalue weighted by atomic mass is 19.4. The molecule has 0 aromatic rings. The lowest BCUT2D eigenvalue weighted by Gasteiger charge is -2.17. The summed E-state index contributed by atoms with van der Waals surface area (Å²) in [4.78, 5) is 1.71. The first-order chi connectivity index (χ1) is 7.95. The molecular formula is C12H25F3N2. The van der Waals surface area contributed by atoms with Crippen LogP contribution in [0, 0.1) is 0 Å². The predicted octanol–water partition coefficient (Wildman–Crippen LogP) is 3.04. The Bertz CT molecular complexity index is 172. The van der Waals surface area contributed by atoms with Gasteiger partial charge in [-0.05, 0) is 20.0 Å². The van der Waals surface area contributed by atoms with E-state index in [1.54, 1.807) is 11.9 Å². The maximum Gasteiger partial charge on any atom is 0.390 e. The second-order valence-electron chi connectivity index (χ2n) is 4.48. The summed E-state index contributed by atoms with van der Waals surface area (Å²) in [5.74, 6) is 0. The smallest absolute Gasteiger partial charge is 0.315 e. The molecule has 0 heterocycles. The van der Waals surface area contributed by atoms with Gasteiger partial charge in [-0.25, -0.2) is 0 Å². The largest absolute Gasteiger partial charge is 0.390 e. The number of rotatable bonds is 10. The van der Waals surface area contributed by atoms with E-state index >= 15 is 0 Å². The van der Waals surface area contributed by atoms with E-state index in [1.165, 1.54) is 19.3 Å². The molecule has 0 aliphatic carbocycles. The predicted molar refractivity (Wildman–Crippen MR) is 65.2 cm³/mol. The average Bonchev–Trinajstić information content (AvgIpc) is 2.24. The molecule has 0 aromatic heterocycles. The van der Waals surface area contributed by atoms with Crippen molar-refractivity contribution in [3.63, 3.8) is 0 Å². The molecule has 0 aliphatic heterocycles. The molecule has 0 spiro atoms. The molecule has 0 saturated heterocycles. The summed E-state index contributed by atoms with van der Waals surface area (Å²) in [6, 6.07) is 0. The minimum Gasteiger partial charge on any atom is -0.315 e. The molecule has 0 unspecified atom stereocenters. The lowest BCUT2D eigenvalue weighted by Crippen LogP contribution is -2.32. The van der Waals surface area contributed by atoms with Crippen molar-refractivity contribution in [2.75, 3.05) is 33.2 Å². The van der Waals surface area contributed by atoms with Gasteiger partial charge in [-0.1, -0.05) is 26.2 Å². The number of hydrogen-bond acceptors (Lipinski definition) is 2. The monoisotopic (exact) mass is 254 g/mol. The van der Waals surface area contributed by atoms with Crippen molar-refractivity contribution in [2.45, 2.75) is 45.2 Å². The molecule has 0 rings (SSSR count). The number of halogens is 3. The van der Waals surface area contributed by atoms with Crippen molar-refractivity contribution in [3.05, 3.63) is 0 Å². The SMILES string of the molecule is CCCCCCNCCN(C)CCC(F)(F)F. The Hall–Kier alpha value is -0.290. The second kappa shape index (κ2) is 9.71. The standard InChI is InChI=1S/C12H25F3N2/c1-3-4-5-6-8-16-9-11-17(2)10-7-12(13,14)15/h16H,3-11H2,1-2H3. The van der Waals surface area contributed by atoms with Crippen molar-refractivity contribution < 1.29 is 13.2 Å². The maximum atomic E-state index is 11.9. The van der Waals surface area contributed by atoms with Crippen LogP contribution in [0.5, 0.6) is 0 Å². The maximum absolute atomic E-state index is 11.9. The van der Waals surface area contributed by atoms with Gasteiger partial charge in [0.05, 0.1) is 6.42 Å². The topological polar surface area (TPSA) is 15.3 Å². The summed E-state index contributed by atoms with van der Waals surface area (Å²) in [7, 11) is 1.73. The Morgan fingerprint density at radius 1 is 1.00 bits per heavy atom. The van der Waals surface area contributed by atoms with Crippen LogP contribution in [0.25, 0.3) is 0 Å². The Balaban J connectivity index is 3.25. The number of unbranched alkanes of at least 4 members (excludes halogenated alkanes) is 3. The molecule has 17 heavy (non-hydrogen) atoms. The molecule has 0 saturated carbocycles. The van der Waals surface area contributed by atoms with Crippen LogP contribution < -0.4 is 5.32 Å². The molecule has 0 aromatic carbocycles.